The number of nitrogens with one attached hydrogen (secondary N) is 2. The average molecular weight is 459 g/mol. The van der Waals surface area contributed by atoms with E-state index in [9.17, 15) is 9.59 Å². The van der Waals surface area contributed by atoms with Crippen molar-refractivity contribution in [2.24, 2.45) is 0 Å². The number of amides is 3. The van der Waals surface area contributed by atoms with Gasteiger partial charge in [0.25, 0.3) is 5.91 Å². The summed E-state index contributed by atoms with van der Waals surface area (Å²) >= 11 is 7.22. The van der Waals surface area contributed by atoms with E-state index in [2.05, 4.69) is 15.6 Å². The molecule has 0 radical (unpaired) electrons. The van der Waals surface area contributed by atoms with E-state index < -0.39 is 0 Å². The van der Waals surface area contributed by atoms with Crippen LogP contribution in [-0.4, -0.2) is 42.1 Å². The number of halogens is 1. The molecule has 0 aliphatic rings. The maximum atomic E-state index is 12.7. The third-order valence-electron chi connectivity index (χ3n) is 4.37. The lowest BCUT2D eigenvalue weighted by Gasteiger charge is -2.21. The molecule has 31 heavy (non-hydrogen) atoms. The van der Waals surface area contributed by atoms with Crippen LogP contribution in [0.2, 0.25) is 5.02 Å². The number of benzene rings is 2. The molecule has 7 nitrogen and oxygen atoms in total. The zero-order valence-corrected chi connectivity index (χ0v) is 18.8. The fraction of sp³-hybridized carbons (Fsp3) is 0.227. The first-order valence-electron chi connectivity index (χ1n) is 9.57. The van der Waals surface area contributed by atoms with Gasteiger partial charge in [0.2, 0.25) is 0 Å². The fourth-order valence-electron chi connectivity index (χ4n) is 2.67. The van der Waals surface area contributed by atoms with Crippen molar-refractivity contribution in [3.63, 3.8) is 0 Å². The Morgan fingerprint density at radius 1 is 1.06 bits per heavy atom. The number of nitrogens with zero attached hydrogens (tertiary/aromatic N) is 2. The van der Waals surface area contributed by atoms with Crippen molar-refractivity contribution in [1.82, 2.24) is 9.88 Å². The van der Waals surface area contributed by atoms with Gasteiger partial charge in [-0.2, -0.15) is 0 Å². The largest absolute Gasteiger partial charge is 0.383 e. The number of urea groups is 1. The molecule has 0 bridgehead atoms. The van der Waals surface area contributed by atoms with E-state index in [0.717, 1.165) is 5.56 Å². The third kappa shape index (κ3) is 6.78. The second-order valence-corrected chi connectivity index (χ2v) is 8.18. The molecule has 0 spiro atoms. The highest BCUT2D eigenvalue weighted by Crippen LogP contribution is 2.17. The monoisotopic (exact) mass is 458 g/mol. The van der Waals surface area contributed by atoms with Crippen LogP contribution in [-0.2, 0) is 11.3 Å². The third-order valence-corrected chi connectivity index (χ3v) is 5.45. The normalized spacial score (nSPS) is 10.5. The number of hydrogen-bond acceptors (Lipinski definition) is 5. The first-order valence-corrected chi connectivity index (χ1v) is 10.8. The number of aromatic nitrogens is 1. The van der Waals surface area contributed by atoms with Crippen molar-refractivity contribution in [1.29, 1.82) is 0 Å². The van der Waals surface area contributed by atoms with Gasteiger partial charge in [0.05, 0.1) is 13.2 Å². The summed E-state index contributed by atoms with van der Waals surface area (Å²) in [6.45, 7) is 2.99. The number of rotatable bonds is 8. The van der Waals surface area contributed by atoms with Crippen molar-refractivity contribution >= 4 is 46.3 Å². The van der Waals surface area contributed by atoms with Crippen LogP contribution in [0.15, 0.2) is 53.9 Å². The van der Waals surface area contributed by atoms with Gasteiger partial charge in [0.15, 0.2) is 0 Å². The lowest BCUT2D eigenvalue weighted by Crippen LogP contribution is -2.36. The summed E-state index contributed by atoms with van der Waals surface area (Å²) in [6, 6.07) is 14.1. The minimum atomic E-state index is -0.291. The number of ether oxygens (including phenoxy) is 1. The van der Waals surface area contributed by atoms with Gasteiger partial charge in [-0.3, -0.25) is 4.79 Å². The lowest BCUT2D eigenvalue weighted by atomic mass is 10.2. The molecule has 0 fully saturated rings. The first kappa shape index (κ1) is 22.7. The Morgan fingerprint density at radius 2 is 1.71 bits per heavy atom. The Hall–Kier alpha value is -2.94. The van der Waals surface area contributed by atoms with Gasteiger partial charge >= 0.3 is 6.03 Å². The summed E-state index contributed by atoms with van der Waals surface area (Å²) in [5.74, 6) is -0.291. The van der Waals surface area contributed by atoms with E-state index in [0.29, 0.717) is 40.3 Å². The van der Waals surface area contributed by atoms with Crippen LogP contribution >= 0.6 is 22.9 Å². The summed E-state index contributed by atoms with van der Waals surface area (Å²) < 4.78 is 5.12. The molecule has 3 aromatic rings. The Balaban J connectivity index is 1.64. The van der Waals surface area contributed by atoms with Gasteiger partial charge in [-0.25, -0.2) is 9.78 Å². The smallest absolute Gasteiger partial charge is 0.322 e. The summed E-state index contributed by atoms with van der Waals surface area (Å²) in [6.07, 6.45) is 0. The van der Waals surface area contributed by atoms with Crippen LogP contribution in [0.25, 0.3) is 0 Å². The second kappa shape index (κ2) is 10.9. The van der Waals surface area contributed by atoms with Crippen LogP contribution < -0.4 is 10.6 Å². The molecule has 9 heteroatoms. The molecule has 0 aliphatic carbocycles. The number of carbonyl (C=O) groups excluding carboxylic acids is 2. The molecule has 0 saturated heterocycles. The summed E-state index contributed by atoms with van der Waals surface area (Å²) in [5, 5.41) is 8.59. The highest BCUT2D eigenvalue weighted by Gasteiger charge is 2.18. The van der Waals surface area contributed by atoms with Gasteiger partial charge in [-0.1, -0.05) is 29.3 Å². The van der Waals surface area contributed by atoms with E-state index >= 15 is 0 Å². The predicted octanol–water partition coefficient (Wildman–Crippen LogP) is 5.04. The Labute approximate surface area is 190 Å². The van der Waals surface area contributed by atoms with E-state index in [1.54, 1.807) is 41.7 Å². The molecule has 2 aromatic carbocycles. The molecule has 3 rings (SSSR count). The molecule has 2 N–H and O–H groups in total. The molecule has 0 unspecified atom stereocenters. The molecule has 3 amide bonds. The van der Waals surface area contributed by atoms with Crippen molar-refractivity contribution in [2.45, 2.75) is 13.5 Å². The molecule has 162 valence electrons. The van der Waals surface area contributed by atoms with Gasteiger partial charge < -0.3 is 20.3 Å². The van der Waals surface area contributed by atoms with E-state index in [1.165, 1.54) is 11.3 Å². The molecular formula is C22H23ClN4O3S. The maximum absolute atomic E-state index is 12.7. The Morgan fingerprint density at radius 3 is 2.39 bits per heavy atom. The molecule has 0 aliphatic heterocycles. The zero-order valence-electron chi connectivity index (χ0n) is 17.2. The van der Waals surface area contributed by atoms with Gasteiger partial charge in [0, 0.05) is 35.4 Å². The van der Waals surface area contributed by atoms with E-state index in [1.807, 2.05) is 31.2 Å². The van der Waals surface area contributed by atoms with E-state index in [4.69, 9.17) is 16.3 Å². The molecule has 0 atom stereocenters. The SMILES string of the molecule is COCCN(Cc1nc(C(=O)Nc2ccc(C)cc2)cs1)C(=O)Nc1ccc(Cl)cc1. The number of methoxy groups -OCH3 is 1. The van der Waals surface area contributed by atoms with Crippen LogP contribution in [0, 0.1) is 6.92 Å². The number of aryl methyl sites for hydroxylation is 1. The van der Waals surface area contributed by atoms with Crippen LogP contribution in [0.3, 0.4) is 0 Å². The van der Waals surface area contributed by atoms with Crippen molar-refractivity contribution in [3.05, 3.63) is 75.2 Å². The lowest BCUT2D eigenvalue weighted by molar-refractivity contribution is 0.102. The topological polar surface area (TPSA) is 83.6 Å². The molecule has 1 aromatic heterocycles. The fourth-order valence-corrected chi connectivity index (χ4v) is 3.59. The highest BCUT2D eigenvalue weighted by molar-refractivity contribution is 7.09. The standard InChI is InChI=1S/C22H23ClN4O3S/c1-15-3-7-17(8-4-15)24-21(28)19-14-31-20(26-19)13-27(11-12-30-2)22(29)25-18-9-5-16(23)6-10-18/h3-10,14H,11-13H2,1-2H3,(H,24,28)(H,25,29). The van der Waals surface area contributed by atoms with Crippen LogP contribution in [0.4, 0.5) is 16.2 Å². The number of anilines is 2. The second-order valence-electron chi connectivity index (χ2n) is 6.80. The number of thiazole rings is 1. The minimum absolute atomic E-state index is 0.255. The van der Waals surface area contributed by atoms with Crippen molar-refractivity contribution < 1.29 is 14.3 Å². The average Bonchev–Trinajstić information content (AvgIpc) is 3.23. The highest BCUT2D eigenvalue weighted by atomic mass is 35.5. The zero-order chi connectivity index (χ0) is 22.2. The first-order chi connectivity index (χ1) is 14.9. The predicted molar refractivity (Wildman–Crippen MR) is 124 cm³/mol. The number of carbonyl (C=O) groups is 2. The van der Waals surface area contributed by atoms with Crippen LogP contribution in [0.5, 0.6) is 0 Å². The van der Waals surface area contributed by atoms with Crippen molar-refractivity contribution in [2.75, 3.05) is 30.9 Å². The molecule has 1 heterocycles. The van der Waals surface area contributed by atoms with Crippen LogP contribution in [0.1, 0.15) is 21.1 Å². The number of hydrogen-bond donors (Lipinski definition) is 2. The van der Waals surface area contributed by atoms with Gasteiger partial charge in [-0.05, 0) is 43.3 Å². The van der Waals surface area contributed by atoms with Gasteiger partial charge in [-0.15, -0.1) is 11.3 Å². The Bertz CT molecular complexity index is 1020. The van der Waals surface area contributed by atoms with Gasteiger partial charge in [0.1, 0.15) is 10.7 Å². The summed E-state index contributed by atoms with van der Waals surface area (Å²) in [4.78, 5) is 31.2. The Kier molecular flexibility index (Phi) is 8.00. The maximum Gasteiger partial charge on any atom is 0.322 e. The molecule has 0 saturated carbocycles. The minimum Gasteiger partial charge on any atom is -0.383 e. The quantitative estimate of drug-likeness (QED) is 0.495. The summed E-state index contributed by atoms with van der Waals surface area (Å²) in [5.41, 5.74) is 2.76. The van der Waals surface area contributed by atoms with E-state index in [-0.39, 0.29) is 18.5 Å². The summed E-state index contributed by atoms with van der Waals surface area (Å²) in [7, 11) is 1.58. The molecular weight excluding hydrogens is 436 g/mol. The van der Waals surface area contributed by atoms with Crippen molar-refractivity contribution in [3.8, 4) is 0 Å².